The molecule has 0 radical (unpaired) electrons. The Morgan fingerprint density at radius 3 is 1.47 bits per heavy atom. The van der Waals surface area contributed by atoms with Gasteiger partial charge in [-0.25, -0.2) is 9.59 Å². The van der Waals surface area contributed by atoms with Crippen molar-refractivity contribution >= 4 is 11.9 Å². The fourth-order valence-electron chi connectivity index (χ4n) is 5.20. The molecule has 3 aromatic rings. The molecular weight excluding hydrogens is 588 g/mol. The molecule has 0 aliphatic rings. The van der Waals surface area contributed by atoms with Crippen molar-refractivity contribution in [1.29, 1.82) is 0 Å². The minimum atomic E-state index is -0.375. The Morgan fingerprint density at radius 2 is 0.979 bits per heavy atom. The Morgan fingerprint density at radius 1 is 0.553 bits per heavy atom. The first-order valence-electron chi connectivity index (χ1n) is 17.6. The maximum absolute atomic E-state index is 12.6. The van der Waals surface area contributed by atoms with E-state index in [-0.39, 0.29) is 11.9 Å². The number of unbranched alkanes of at least 4 members (excludes halogenated alkanes) is 11. The van der Waals surface area contributed by atoms with Crippen LogP contribution in [0.3, 0.4) is 0 Å². The first-order valence-corrected chi connectivity index (χ1v) is 17.6. The van der Waals surface area contributed by atoms with E-state index < -0.39 is 0 Å². The summed E-state index contributed by atoms with van der Waals surface area (Å²) in [6, 6.07) is 23.3. The van der Waals surface area contributed by atoms with Gasteiger partial charge in [0.05, 0.1) is 25.4 Å². The van der Waals surface area contributed by atoms with Gasteiger partial charge in [-0.1, -0.05) is 102 Å². The van der Waals surface area contributed by atoms with Crippen LogP contribution in [0.1, 0.15) is 112 Å². The van der Waals surface area contributed by atoms with E-state index in [1.807, 2.05) is 36.4 Å². The lowest BCUT2D eigenvalue weighted by atomic mass is 10.0. The molecule has 6 nitrogen and oxygen atoms in total. The van der Waals surface area contributed by atoms with E-state index in [4.69, 9.17) is 18.9 Å². The van der Waals surface area contributed by atoms with Crippen molar-refractivity contribution in [2.24, 2.45) is 0 Å². The molecule has 47 heavy (non-hydrogen) atoms. The normalized spacial score (nSPS) is 10.7. The van der Waals surface area contributed by atoms with Gasteiger partial charge in [0, 0.05) is 6.08 Å². The average Bonchev–Trinajstić information content (AvgIpc) is 3.10. The Labute approximate surface area is 282 Å². The summed E-state index contributed by atoms with van der Waals surface area (Å²) in [5.74, 6) is 1.52. The molecule has 0 bridgehead atoms. The standard InChI is InChI=1S/C41H54O6/c1-3-5-6-14-31-45-38-29-23-36(24-30-38)41(43)47-39-27-21-35(22-28-39)18-17-34-19-25-37(26-20-34)44-32-15-12-10-8-7-9-11-13-16-33-46-40(42)4-2/h4,19-30H,2-3,5-18,31-33H2,1H3. The fourth-order valence-corrected chi connectivity index (χ4v) is 5.20. The van der Waals surface area contributed by atoms with Crippen molar-refractivity contribution in [1.82, 2.24) is 0 Å². The summed E-state index contributed by atoms with van der Waals surface area (Å²) < 4.78 is 22.3. The zero-order valence-electron chi connectivity index (χ0n) is 28.4. The molecule has 0 aliphatic carbocycles. The summed E-state index contributed by atoms with van der Waals surface area (Å²) in [7, 11) is 0. The topological polar surface area (TPSA) is 71.1 Å². The fraction of sp³-hybridized carbons (Fsp3) is 0.463. The van der Waals surface area contributed by atoms with Crippen LogP contribution in [-0.2, 0) is 22.4 Å². The maximum Gasteiger partial charge on any atom is 0.343 e. The molecule has 0 saturated heterocycles. The molecule has 0 amide bonds. The second-order valence-corrected chi connectivity index (χ2v) is 12.0. The van der Waals surface area contributed by atoms with Gasteiger partial charge in [-0.15, -0.1) is 0 Å². The number of esters is 2. The first-order chi connectivity index (χ1) is 23.1. The summed E-state index contributed by atoms with van der Waals surface area (Å²) in [4.78, 5) is 23.6. The van der Waals surface area contributed by atoms with E-state index in [1.54, 1.807) is 12.1 Å². The Hall–Kier alpha value is -4.06. The zero-order chi connectivity index (χ0) is 33.4. The van der Waals surface area contributed by atoms with Gasteiger partial charge in [0.2, 0.25) is 0 Å². The van der Waals surface area contributed by atoms with Crippen LogP contribution < -0.4 is 14.2 Å². The molecule has 6 heteroatoms. The van der Waals surface area contributed by atoms with E-state index in [2.05, 4.69) is 37.8 Å². The first kappa shape index (κ1) is 37.4. The van der Waals surface area contributed by atoms with Crippen LogP contribution in [0.25, 0.3) is 0 Å². The van der Waals surface area contributed by atoms with Crippen LogP contribution >= 0.6 is 0 Å². The second kappa shape index (κ2) is 23.3. The van der Waals surface area contributed by atoms with Crippen LogP contribution in [0.15, 0.2) is 85.5 Å². The molecule has 254 valence electrons. The van der Waals surface area contributed by atoms with Crippen LogP contribution in [-0.4, -0.2) is 31.8 Å². The molecule has 0 N–H and O–H groups in total. The summed E-state index contributed by atoms with van der Waals surface area (Å²) in [5, 5.41) is 0. The lowest BCUT2D eigenvalue weighted by molar-refractivity contribution is -0.137. The van der Waals surface area contributed by atoms with Gasteiger partial charge in [-0.2, -0.15) is 0 Å². The minimum absolute atomic E-state index is 0.332. The maximum atomic E-state index is 12.6. The molecule has 0 unspecified atom stereocenters. The molecule has 0 fully saturated rings. The third-order valence-corrected chi connectivity index (χ3v) is 8.08. The summed E-state index contributed by atoms with van der Waals surface area (Å²) in [5.41, 5.74) is 2.96. The van der Waals surface area contributed by atoms with Gasteiger partial charge in [0.15, 0.2) is 0 Å². The van der Waals surface area contributed by atoms with Crippen LogP contribution in [0.4, 0.5) is 0 Å². The van der Waals surface area contributed by atoms with Crippen LogP contribution in [0.5, 0.6) is 17.2 Å². The van der Waals surface area contributed by atoms with Gasteiger partial charge in [0.25, 0.3) is 0 Å². The number of ether oxygens (including phenoxy) is 4. The SMILES string of the molecule is C=CC(=O)OCCCCCCCCCCCOc1ccc(CCc2ccc(OC(=O)c3ccc(OCCCCCC)cc3)cc2)cc1. The van der Waals surface area contributed by atoms with Gasteiger partial charge in [0.1, 0.15) is 17.2 Å². The van der Waals surface area contributed by atoms with Crippen molar-refractivity contribution in [3.8, 4) is 17.2 Å². The van der Waals surface area contributed by atoms with E-state index in [0.29, 0.717) is 24.5 Å². The number of carbonyl (C=O) groups is 2. The molecule has 0 atom stereocenters. The van der Waals surface area contributed by atoms with Crippen molar-refractivity contribution < 1.29 is 28.5 Å². The number of rotatable bonds is 25. The van der Waals surface area contributed by atoms with Gasteiger partial charge in [-0.05, 0) is 91.8 Å². The number of carbonyl (C=O) groups excluding carboxylic acids is 2. The number of hydrogen-bond donors (Lipinski definition) is 0. The van der Waals surface area contributed by atoms with Crippen LogP contribution in [0, 0.1) is 0 Å². The van der Waals surface area contributed by atoms with Gasteiger partial charge in [-0.3, -0.25) is 0 Å². The highest BCUT2D eigenvalue weighted by atomic mass is 16.5. The molecule has 3 rings (SSSR count). The smallest absolute Gasteiger partial charge is 0.343 e. The van der Waals surface area contributed by atoms with Gasteiger partial charge >= 0.3 is 11.9 Å². The predicted molar refractivity (Wildman–Crippen MR) is 190 cm³/mol. The Kier molecular flexibility index (Phi) is 18.5. The highest BCUT2D eigenvalue weighted by molar-refractivity contribution is 5.91. The monoisotopic (exact) mass is 642 g/mol. The predicted octanol–water partition coefficient (Wildman–Crippen LogP) is 10.3. The molecule has 3 aromatic carbocycles. The minimum Gasteiger partial charge on any atom is -0.494 e. The van der Waals surface area contributed by atoms with Crippen molar-refractivity contribution in [3.63, 3.8) is 0 Å². The van der Waals surface area contributed by atoms with Gasteiger partial charge < -0.3 is 18.9 Å². The van der Waals surface area contributed by atoms with Crippen molar-refractivity contribution in [2.45, 2.75) is 103 Å². The zero-order valence-corrected chi connectivity index (χ0v) is 28.4. The quantitative estimate of drug-likeness (QED) is 0.0396. The van der Waals surface area contributed by atoms with Crippen molar-refractivity contribution in [3.05, 3.63) is 102 Å². The third kappa shape index (κ3) is 16.4. The number of hydrogen-bond acceptors (Lipinski definition) is 6. The summed E-state index contributed by atoms with van der Waals surface area (Å²) in [6.45, 7) is 7.53. The second-order valence-electron chi connectivity index (χ2n) is 12.0. The Bertz CT molecular complexity index is 1280. The molecular formula is C41H54O6. The lowest BCUT2D eigenvalue weighted by Gasteiger charge is -2.09. The largest absolute Gasteiger partial charge is 0.494 e. The van der Waals surface area contributed by atoms with E-state index in [0.717, 1.165) is 56.6 Å². The molecule has 0 aromatic heterocycles. The third-order valence-electron chi connectivity index (χ3n) is 8.08. The summed E-state index contributed by atoms with van der Waals surface area (Å²) >= 11 is 0. The average molecular weight is 643 g/mol. The lowest BCUT2D eigenvalue weighted by Crippen LogP contribution is -2.08. The van der Waals surface area contributed by atoms with Crippen molar-refractivity contribution in [2.75, 3.05) is 19.8 Å². The summed E-state index contributed by atoms with van der Waals surface area (Å²) in [6.07, 6.45) is 18.2. The number of aryl methyl sites for hydroxylation is 2. The Balaban J connectivity index is 1.23. The highest BCUT2D eigenvalue weighted by Crippen LogP contribution is 2.19. The van der Waals surface area contributed by atoms with Crippen LogP contribution in [0.2, 0.25) is 0 Å². The molecule has 0 heterocycles. The molecule has 0 spiro atoms. The molecule has 0 saturated carbocycles. The number of benzene rings is 3. The van der Waals surface area contributed by atoms with E-state index >= 15 is 0 Å². The molecule has 0 aliphatic heterocycles. The highest BCUT2D eigenvalue weighted by Gasteiger charge is 2.09. The van der Waals surface area contributed by atoms with E-state index in [1.165, 1.54) is 75.0 Å². The van der Waals surface area contributed by atoms with E-state index in [9.17, 15) is 9.59 Å².